The van der Waals surface area contributed by atoms with Crippen molar-refractivity contribution in [2.24, 2.45) is 5.92 Å². The van der Waals surface area contributed by atoms with E-state index in [-0.39, 0.29) is 24.5 Å². The molecule has 8 nitrogen and oxygen atoms in total. The number of benzene rings is 2. The number of carbonyl (C=O) groups is 2. The first-order valence-electron chi connectivity index (χ1n) is 12.5. The summed E-state index contributed by atoms with van der Waals surface area (Å²) in [5, 5.41) is 6.88. The van der Waals surface area contributed by atoms with E-state index in [9.17, 15) is 9.59 Å². The van der Waals surface area contributed by atoms with Crippen LogP contribution < -0.4 is 14.8 Å². The molecule has 2 atom stereocenters. The van der Waals surface area contributed by atoms with Crippen LogP contribution in [0.15, 0.2) is 47.0 Å². The maximum Gasteiger partial charge on any atom is 0.230 e. The van der Waals surface area contributed by atoms with Crippen molar-refractivity contribution in [2.75, 3.05) is 13.7 Å². The van der Waals surface area contributed by atoms with Gasteiger partial charge in [0, 0.05) is 24.6 Å². The summed E-state index contributed by atoms with van der Waals surface area (Å²) < 4.78 is 17.0. The molecule has 0 saturated heterocycles. The van der Waals surface area contributed by atoms with E-state index in [4.69, 9.17) is 14.0 Å². The van der Waals surface area contributed by atoms with Crippen LogP contribution in [0, 0.1) is 24.7 Å². The van der Waals surface area contributed by atoms with E-state index < -0.39 is 5.92 Å². The molecule has 1 heterocycles. The van der Waals surface area contributed by atoms with Crippen LogP contribution in [-0.4, -0.2) is 42.1 Å². The second-order valence-electron chi connectivity index (χ2n) is 9.11. The molecular weight excluding hydrogens is 470 g/mol. The minimum atomic E-state index is -0.743. The van der Waals surface area contributed by atoms with E-state index in [0.29, 0.717) is 29.5 Å². The molecule has 1 unspecified atom stereocenters. The Morgan fingerprint density at radius 3 is 2.70 bits per heavy atom. The van der Waals surface area contributed by atoms with Crippen molar-refractivity contribution in [3.8, 4) is 34.7 Å². The van der Waals surface area contributed by atoms with Crippen molar-refractivity contribution in [1.82, 2.24) is 15.5 Å². The van der Waals surface area contributed by atoms with Crippen LogP contribution in [0.2, 0.25) is 0 Å². The Morgan fingerprint density at radius 2 is 2.00 bits per heavy atom. The monoisotopic (exact) mass is 501 g/mol. The predicted molar refractivity (Wildman–Crippen MR) is 138 cm³/mol. The highest BCUT2D eigenvalue weighted by Crippen LogP contribution is 2.34. The van der Waals surface area contributed by atoms with Crippen LogP contribution in [0.1, 0.15) is 55.5 Å². The Bertz CT molecular complexity index is 1300. The van der Waals surface area contributed by atoms with Crippen LogP contribution in [0.5, 0.6) is 11.5 Å². The summed E-state index contributed by atoms with van der Waals surface area (Å²) >= 11 is 0. The van der Waals surface area contributed by atoms with Crippen LogP contribution in [-0.2, 0) is 9.59 Å². The Kier molecular flexibility index (Phi) is 8.57. The summed E-state index contributed by atoms with van der Waals surface area (Å²) in [5.74, 6) is 7.33. The van der Waals surface area contributed by atoms with E-state index in [1.807, 2.05) is 42.5 Å². The number of ether oxygens (including phenoxy) is 2. The summed E-state index contributed by atoms with van der Waals surface area (Å²) in [6, 6.07) is 13.3. The first-order valence-corrected chi connectivity index (χ1v) is 12.5. The minimum Gasteiger partial charge on any atom is -0.493 e. The van der Waals surface area contributed by atoms with Crippen molar-refractivity contribution in [1.29, 1.82) is 0 Å². The second kappa shape index (κ2) is 12.2. The third kappa shape index (κ3) is 6.56. The van der Waals surface area contributed by atoms with Gasteiger partial charge in [-0.15, -0.1) is 0 Å². The number of carbonyl (C=O) groups excluding carboxylic acids is 2. The van der Waals surface area contributed by atoms with Gasteiger partial charge in [-0.1, -0.05) is 35.2 Å². The van der Waals surface area contributed by atoms with Gasteiger partial charge in [-0.05, 0) is 62.4 Å². The first kappa shape index (κ1) is 26.0. The molecule has 1 aliphatic carbocycles. The predicted octanol–water partition coefficient (Wildman–Crippen LogP) is 4.46. The Labute approximate surface area is 216 Å². The number of aromatic nitrogens is 2. The topological polar surface area (TPSA) is 104 Å². The largest absolute Gasteiger partial charge is 0.493 e. The zero-order valence-electron chi connectivity index (χ0n) is 21.3. The fraction of sp³-hybridized carbons (Fsp3) is 0.379. The summed E-state index contributed by atoms with van der Waals surface area (Å²) in [4.78, 5) is 27.8. The zero-order chi connectivity index (χ0) is 26.2. The number of nitrogens with zero attached hydrogens (tertiary/aromatic N) is 2. The SMILES string of the molecule is COc1ccc(C(C#Cc2ccccc2-c2noc(C)n2)CNC(=O)[C@@H](C)C=O)cc1OC1CCCC1. The molecule has 1 N–H and O–H groups in total. The standard InChI is InChI=1S/C29H31N3O5/c1-19(18-33)29(34)30-17-23(13-12-21-8-4-7-11-25(21)28-31-20(2)37-32-28)22-14-15-26(35-3)27(16-22)36-24-9-5-6-10-24/h4,7-8,11,14-16,18-19,23-24H,5-6,9-10,17H2,1-3H3,(H,30,34)/t19-,23?/m0/s1. The van der Waals surface area contributed by atoms with E-state index in [1.54, 1.807) is 21.0 Å². The minimum absolute atomic E-state index is 0.159. The van der Waals surface area contributed by atoms with Gasteiger partial charge in [0.2, 0.25) is 17.6 Å². The number of nitrogens with one attached hydrogen (secondary N) is 1. The maximum absolute atomic E-state index is 12.4. The summed E-state index contributed by atoms with van der Waals surface area (Å²) in [6.45, 7) is 3.52. The number of aldehydes is 1. The molecular formula is C29H31N3O5. The molecule has 1 saturated carbocycles. The Morgan fingerprint density at radius 1 is 1.22 bits per heavy atom. The van der Waals surface area contributed by atoms with Crippen LogP contribution >= 0.6 is 0 Å². The molecule has 8 heteroatoms. The molecule has 0 aliphatic heterocycles. The first-order chi connectivity index (χ1) is 18.0. The zero-order valence-corrected chi connectivity index (χ0v) is 21.3. The van der Waals surface area contributed by atoms with E-state index in [2.05, 4.69) is 27.3 Å². The van der Waals surface area contributed by atoms with Gasteiger partial charge in [0.25, 0.3) is 0 Å². The molecule has 4 rings (SSSR count). The van der Waals surface area contributed by atoms with Gasteiger partial charge in [0.05, 0.1) is 25.0 Å². The number of aryl methyl sites for hydroxylation is 1. The van der Waals surface area contributed by atoms with Gasteiger partial charge < -0.3 is 24.1 Å². The van der Waals surface area contributed by atoms with Crippen molar-refractivity contribution in [3.63, 3.8) is 0 Å². The van der Waals surface area contributed by atoms with Crippen LogP contribution in [0.4, 0.5) is 0 Å². The Balaban J connectivity index is 1.67. The molecule has 1 fully saturated rings. The molecule has 37 heavy (non-hydrogen) atoms. The number of hydrogen-bond acceptors (Lipinski definition) is 7. The van der Waals surface area contributed by atoms with Crippen molar-refractivity contribution >= 4 is 12.2 Å². The summed E-state index contributed by atoms with van der Waals surface area (Å²) in [7, 11) is 1.62. The quantitative estimate of drug-likeness (QED) is 0.262. The lowest BCUT2D eigenvalue weighted by Gasteiger charge is -2.19. The Hall–Kier alpha value is -4.12. The second-order valence-corrected chi connectivity index (χ2v) is 9.11. The highest BCUT2D eigenvalue weighted by Gasteiger charge is 2.21. The molecule has 1 amide bonds. The fourth-order valence-corrected chi connectivity index (χ4v) is 4.23. The molecule has 192 valence electrons. The summed E-state index contributed by atoms with van der Waals surface area (Å²) in [6.07, 6.45) is 5.13. The molecule has 0 radical (unpaired) electrons. The highest BCUT2D eigenvalue weighted by atomic mass is 16.5. The van der Waals surface area contributed by atoms with Gasteiger partial charge in [0.15, 0.2) is 11.5 Å². The molecule has 3 aromatic rings. The lowest BCUT2D eigenvalue weighted by Crippen LogP contribution is -2.33. The van der Waals surface area contributed by atoms with Crippen molar-refractivity contribution < 1.29 is 23.6 Å². The van der Waals surface area contributed by atoms with Crippen molar-refractivity contribution in [2.45, 2.75) is 51.6 Å². The van der Waals surface area contributed by atoms with E-state index >= 15 is 0 Å². The van der Waals surface area contributed by atoms with E-state index in [1.165, 1.54) is 0 Å². The average Bonchev–Trinajstić information content (AvgIpc) is 3.60. The fourth-order valence-electron chi connectivity index (χ4n) is 4.23. The molecule has 2 aromatic carbocycles. The van der Waals surface area contributed by atoms with Gasteiger partial charge in [-0.3, -0.25) is 4.79 Å². The number of hydrogen-bond donors (Lipinski definition) is 1. The lowest BCUT2D eigenvalue weighted by molar-refractivity contribution is -0.128. The smallest absolute Gasteiger partial charge is 0.230 e. The van der Waals surface area contributed by atoms with Gasteiger partial charge in [0.1, 0.15) is 6.29 Å². The van der Waals surface area contributed by atoms with E-state index in [0.717, 1.165) is 42.4 Å². The highest BCUT2D eigenvalue weighted by molar-refractivity contribution is 5.91. The maximum atomic E-state index is 12.4. The number of methoxy groups -OCH3 is 1. The molecule has 1 aromatic heterocycles. The van der Waals surface area contributed by atoms with Gasteiger partial charge in [-0.2, -0.15) is 4.98 Å². The molecule has 1 aliphatic rings. The average molecular weight is 502 g/mol. The lowest BCUT2D eigenvalue weighted by atomic mass is 9.97. The van der Waals surface area contributed by atoms with Crippen molar-refractivity contribution in [3.05, 3.63) is 59.5 Å². The molecule has 0 bridgehead atoms. The van der Waals surface area contributed by atoms with Crippen LogP contribution in [0.3, 0.4) is 0 Å². The normalized spacial score (nSPS) is 14.8. The number of rotatable bonds is 9. The van der Waals surface area contributed by atoms with Gasteiger partial charge in [-0.25, -0.2) is 0 Å². The summed E-state index contributed by atoms with van der Waals surface area (Å²) in [5.41, 5.74) is 2.36. The third-order valence-corrected chi connectivity index (χ3v) is 6.36. The van der Waals surface area contributed by atoms with Gasteiger partial charge >= 0.3 is 0 Å². The number of amides is 1. The third-order valence-electron chi connectivity index (χ3n) is 6.36. The molecule has 0 spiro atoms. The van der Waals surface area contributed by atoms with Crippen LogP contribution in [0.25, 0.3) is 11.4 Å².